The van der Waals surface area contributed by atoms with E-state index in [1.807, 2.05) is 0 Å². The van der Waals surface area contributed by atoms with Crippen LogP contribution in [-0.2, 0) is 6.42 Å². The van der Waals surface area contributed by atoms with E-state index in [1.165, 1.54) is 31.2 Å². The van der Waals surface area contributed by atoms with E-state index in [0.717, 1.165) is 22.6 Å². The largest absolute Gasteiger partial charge is 0.0884 e. The zero-order valence-electron chi connectivity index (χ0n) is 8.90. The number of fused-ring (bicyclic) bond motifs is 1. The van der Waals surface area contributed by atoms with Crippen molar-refractivity contribution in [3.05, 3.63) is 35.9 Å². The van der Waals surface area contributed by atoms with Crippen LogP contribution in [-0.4, -0.2) is 4.83 Å². The van der Waals surface area contributed by atoms with E-state index in [2.05, 4.69) is 46.3 Å². The first-order chi connectivity index (χ1) is 7.36. The Morgan fingerprint density at radius 2 is 1.80 bits per heavy atom. The van der Waals surface area contributed by atoms with Gasteiger partial charge in [-0.15, -0.1) is 0 Å². The Balaban J connectivity index is 1.60. The van der Waals surface area contributed by atoms with E-state index in [9.17, 15) is 0 Å². The van der Waals surface area contributed by atoms with Crippen molar-refractivity contribution in [1.29, 1.82) is 0 Å². The first-order valence-corrected chi connectivity index (χ1v) is 6.96. The minimum absolute atomic E-state index is 0.718. The van der Waals surface area contributed by atoms with Crippen LogP contribution in [0, 0.1) is 17.8 Å². The summed E-state index contributed by atoms with van der Waals surface area (Å²) in [6.45, 7) is 0. The smallest absolute Gasteiger partial charge is 0.0219 e. The second-order valence-corrected chi connectivity index (χ2v) is 6.22. The van der Waals surface area contributed by atoms with Crippen molar-refractivity contribution < 1.29 is 0 Å². The summed E-state index contributed by atoms with van der Waals surface area (Å²) in [6, 6.07) is 10.9. The van der Waals surface area contributed by atoms with E-state index < -0.39 is 0 Å². The highest BCUT2D eigenvalue weighted by atomic mass is 79.9. The van der Waals surface area contributed by atoms with Gasteiger partial charge in [-0.2, -0.15) is 0 Å². The average molecular weight is 265 g/mol. The minimum Gasteiger partial charge on any atom is -0.0884 e. The summed E-state index contributed by atoms with van der Waals surface area (Å²) >= 11 is 3.90. The molecule has 2 fully saturated rings. The third-order valence-electron chi connectivity index (χ3n) is 4.16. The Labute approximate surface area is 100 Å². The summed E-state index contributed by atoms with van der Waals surface area (Å²) in [5.74, 6) is 3.12. The number of halogens is 1. The topological polar surface area (TPSA) is 0 Å². The van der Waals surface area contributed by atoms with Crippen molar-refractivity contribution >= 4 is 15.9 Å². The van der Waals surface area contributed by atoms with Crippen LogP contribution in [0.25, 0.3) is 0 Å². The van der Waals surface area contributed by atoms with Gasteiger partial charge < -0.3 is 0 Å². The molecule has 3 unspecified atom stereocenters. The molecule has 0 radical (unpaired) electrons. The molecule has 0 N–H and O–H groups in total. The predicted molar refractivity (Wildman–Crippen MR) is 67.2 cm³/mol. The maximum Gasteiger partial charge on any atom is 0.0219 e. The summed E-state index contributed by atoms with van der Waals surface area (Å²) < 4.78 is 0. The van der Waals surface area contributed by atoms with Crippen LogP contribution in [0.1, 0.15) is 24.8 Å². The molecule has 2 saturated carbocycles. The fourth-order valence-corrected chi connectivity index (χ4v) is 4.55. The first-order valence-electron chi connectivity index (χ1n) is 6.04. The Morgan fingerprint density at radius 3 is 2.47 bits per heavy atom. The SMILES string of the molecule is BrC(Cc1ccccc1)C1C2CCCC21. The van der Waals surface area contributed by atoms with Gasteiger partial charge in [0.1, 0.15) is 0 Å². The van der Waals surface area contributed by atoms with E-state index >= 15 is 0 Å². The van der Waals surface area contributed by atoms with Gasteiger partial charge in [0.25, 0.3) is 0 Å². The number of hydrogen-bond donors (Lipinski definition) is 0. The van der Waals surface area contributed by atoms with Gasteiger partial charge in [0.05, 0.1) is 0 Å². The minimum atomic E-state index is 0.718. The fraction of sp³-hybridized carbons (Fsp3) is 0.571. The number of rotatable bonds is 3. The highest BCUT2D eigenvalue weighted by Crippen LogP contribution is 2.60. The Morgan fingerprint density at radius 1 is 1.13 bits per heavy atom. The highest BCUT2D eigenvalue weighted by molar-refractivity contribution is 9.09. The molecule has 0 bridgehead atoms. The summed E-state index contributed by atoms with van der Waals surface area (Å²) in [5.41, 5.74) is 1.48. The second kappa shape index (κ2) is 3.93. The van der Waals surface area contributed by atoms with Crippen molar-refractivity contribution in [3.8, 4) is 0 Å². The van der Waals surface area contributed by atoms with Gasteiger partial charge in [-0.3, -0.25) is 0 Å². The molecule has 1 aromatic rings. The van der Waals surface area contributed by atoms with Gasteiger partial charge in [-0.1, -0.05) is 52.7 Å². The maximum atomic E-state index is 3.90. The van der Waals surface area contributed by atoms with Crippen LogP contribution in [0.2, 0.25) is 0 Å². The normalized spacial score (nSPS) is 34.9. The van der Waals surface area contributed by atoms with Gasteiger partial charge in [0.2, 0.25) is 0 Å². The monoisotopic (exact) mass is 264 g/mol. The Bertz CT molecular complexity index is 322. The first kappa shape index (κ1) is 9.89. The molecule has 15 heavy (non-hydrogen) atoms. The lowest BCUT2D eigenvalue weighted by Crippen LogP contribution is -2.09. The van der Waals surface area contributed by atoms with Crippen molar-refractivity contribution in [2.45, 2.75) is 30.5 Å². The van der Waals surface area contributed by atoms with Gasteiger partial charge in [0, 0.05) is 4.83 Å². The van der Waals surface area contributed by atoms with Crippen LogP contribution in [0.4, 0.5) is 0 Å². The van der Waals surface area contributed by atoms with Crippen molar-refractivity contribution in [2.75, 3.05) is 0 Å². The molecule has 3 atom stereocenters. The van der Waals surface area contributed by atoms with Gasteiger partial charge in [0.15, 0.2) is 0 Å². The lowest BCUT2D eigenvalue weighted by atomic mass is 10.0. The molecule has 1 aromatic carbocycles. The predicted octanol–water partition coefficient (Wildman–Crippen LogP) is 4.04. The summed E-state index contributed by atoms with van der Waals surface area (Å²) in [4.78, 5) is 0.718. The Hall–Kier alpha value is -0.300. The molecular formula is C14H17Br. The second-order valence-electron chi connectivity index (χ2n) is 5.04. The molecule has 80 valence electrons. The van der Waals surface area contributed by atoms with Crippen molar-refractivity contribution in [1.82, 2.24) is 0 Å². The zero-order chi connectivity index (χ0) is 10.3. The van der Waals surface area contributed by atoms with Gasteiger partial charge in [-0.05, 0) is 42.6 Å². The average Bonchev–Trinajstić information content (AvgIpc) is 2.75. The molecule has 0 aromatic heterocycles. The molecule has 0 saturated heterocycles. The summed E-state index contributed by atoms with van der Waals surface area (Å²) in [6.07, 6.45) is 5.67. The molecule has 0 amide bonds. The molecule has 1 heteroatoms. The zero-order valence-corrected chi connectivity index (χ0v) is 10.5. The van der Waals surface area contributed by atoms with Crippen LogP contribution >= 0.6 is 15.9 Å². The quantitative estimate of drug-likeness (QED) is 0.723. The summed E-state index contributed by atoms with van der Waals surface area (Å²) in [5, 5.41) is 0. The fourth-order valence-electron chi connectivity index (χ4n) is 3.39. The van der Waals surface area contributed by atoms with Crippen LogP contribution in [0.3, 0.4) is 0 Å². The molecule has 2 aliphatic carbocycles. The third-order valence-corrected chi connectivity index (χ3v) is 5.10. The number of benzene rings is 1. The molecule has 3 rings (SSSR count). The molecule has 2 aliphatic rings. The van der Waals surface area contributed by atoms with Crippen LogP contribution in [0.5, 0.6) is 0 Å². The molecule has 0 spiro atoms. The van der Waals surface area contributed by atoms with E-state index in [1.54, 1.807) is 0 Å². The van der Waals surface area contributed by atoms with Crippen LogP contribution < -0.4 is 0 Å². The molecular weight excluding hydrogens is 248 g/mol. The maximum absolute atomic E-state index is 3.90. The Kier molecular flexibility index (Phi) is 2.59. The summed E-state index contributed by atoms with van der Waals surface area (Å²) in [7, 11) is 0. The molecule has 0 nitrogen and oxygen atoms in total. The molecule has 0 aliphatic heterocycles. The van der Waals surface area contributed by atoms with Crippen LogP contribution in [0.15, 0.2) is 30.3 Å². The lowest BCUT2D eigenvalue weighted by Gasteiger charge is -2.11. The highest BCUT2D eigenvalue weighted by Gasteiger charge is 2.54. The number of hydrogen-bond acceptors (Lipinski definition) is 0. The van der Waals surface area contributed by atoms with Crippen molar-refractivity contribution in [2.24, 2.45) is 17.8 Å². The lowest BCUT2D eigenvalue weighted by molar-refractivity contribution is 0.569. The van der Waals surface area contributed by atoms with Crippen molar-refractivity contribution in [3.63, 3.8) is 0 Å². The van der Waals surface area contributed by atoms with E-state index in [0.29, 0.717) is 0 Å². The standard InChI is InChI=1S/C14H17Br/c15-13(9-10-5-2-1-3-6-10)14-11-7-4-8-12(11)14/h1-3,5-6,11-14H,4,7-9H2. The van der Waals surface area contributed by atoms with E-state index in [-0.39, 0.29) is 0 Å². The van der Waals surface area contributed by atoms with Gasteiger partial charge in [-0.25, -0.2) is 0 Å². The van der Waals surface area contributed by atoms with Gasteiger partial charge >= 0.3 is 0 Å². The van der Waals surface area contributed by atoms with E-state index in [4.69, 9.17) is 0 Å². The molecule has 0 heterocycles. The number of alkyl halides is 1. The third kappa shape index (κ3) is 1.87.